The van der Waals surface area contributed by atoms with E-state index in [2.05, 4.69) is 10.3 Å². The number of nitrogens with one attached hydrogen (secondary N) is 1. The number of thiazole rings is 1. The molecule has 3 aromatic rings. The van der Waals surface area contributed by atoms with Crippen molar-refractivity contribution in [3.63, 3.8) is 0 Å². The molecule has 1 aliphatic rings. The molecule has 2 heterocycles. The first-order valence-corrected chi connectivity index (χ1v) is 11.5. The molecule has 9 heteroatoms. The van der Waals surface area contributed by atoms with Crippen LogP contribution in [0.4, 0.5) is 5.13 Å². The number of hydrogen-bond acceptors (Lipinski definition) is 6. The largest absolute Gasteiger partial charge is 0.497 e. The van der Waals surface area contributed by atoms with Crippen LogP contribution in [-0.2, 0) is 14.8 Å². The lowest BCUT2D eigenvalue weighted by molar-refractivity contribution is -0.119. The second-order valence-corrected chi connectivity index (χ2v) is 9.85. The van der Waals surface area contributed by atoms with Crippen LogP contribution in [0.1, 0.15) is 18.4 Å². The highest BCUT2D eigenvalue weighted by molar-refractivity contribution is 7.89. The van der Waals surface area contributed by atoms with Crippen LogP contribution in [0.25, 0.3) is 10.2 Å². The normalized spacial score (nSPS) is 17.5. The number of carbonyl (C=O) groups excluding carboxylic acids is 1. The lowest BCUT2D eigenvalue weighted by Crippen LogP contribution is -2.43. The molecule has 1 amide bonds. The van der Waals surface area contributed by atoms with Crippen LogP contribution in [0, 0.1) is 6.92 Å². The van der Waals surface area contributed by atoms with Crippen molar-refractivity contribution < 1.29 is 17.9 Å². The minimum atomic E-state index is -3.78. The van der Waals surface area contributed by atoms with Gasteiger partial charge in [0.2, 0.25) is 15.9 Å². The zero-order valence-corrected chi connectivity index (χ0v) is 17.7. The van der Waals surface area contributed by atoms with Gasteiger partial charge in [0.05, 0.1) is 22.2 Å². The number of anilines is 1. The van der Waals surface area contributed by atoms with Crippen LogP contribution >= 0.6 is 11.3 Å². The van der Waals surface area contributed by atoms with Gasteiger partial charge >= 0.3 is 0 Å². The van der Waals surface area contributed by atoms with E-state index >= 15 is 0 Å². The van der Waals surface area contributed by atoms with Crippen molar-refractivity contribution in [2.45, 2.75) is 30.7 Å². The first kappa shape index (κ1) is 19.8. The van der Waals surface area contributed by atoms with Gasteiger partial charge < -0.3 is 10.1 Å². The molecule has 1 aliphatic heterocycles. The Bertz CT molecular complexity index is 1160. The van der Waals surface area contributed by atoms with Crippen LogP contribution in [0.2, 0.25) is 0 Å². The fourth-order valence-corrected chi connectivity index (χ4v) is 6.07. The molecule has 1 unspecified atom stereocenters. The molecular formula is C20H21N3O4S2. The number of aromatic nitrogens is 1. The summed E-state index contributed by atoms with van der Waals surface area (Å²) < 4.78 is 33.5. The third-order valence-electron chi connectivity index (χ3n) is 4.95. The van der Waals surface area contributed by atoms with Crippen molar-refractivity contribution in [2.75, 3.05) is 19.0 Å². The van der Waals surface area contributed by atoms with E-state index in [1.54, 1.807) is 12.1 Å². The lowest BCUT2D eigenvalue weighted by atomic mass is 10.2. The molecule has 1 aromatic heterocycles. The van der Waals surface area contributed by atoms with Gasteiger partial charge in [-0.2, -0.15) is 4.31 Å². The van der Waals surface area contributed by atoms with Crippen molar-refractivity contribution in [2.24, 2.45) is 0 Å². The van der Waals surface area contributed by atoms with Gasteiger partial charge in [0.1, 0.15) is 11.8 Å². The number of fused-ring (bicyclic) bond motifs is 1. The second-order valence-electron chi connectivity index (χ2n) is 6.93. The monoisotopic (exact) mass is 431 g/mol. The molecule has 0 spiro atoms. The van der Waals surface area contributed by atoms with Gasteiger partial charge in [-0.15, -0.1) is 0 Å². The van der Waals surface area contributed by atoms with E-state index < -0.39 is 16.1 Å². The Balaban J connectivity index is 1.55. The smallest absolute Gasteiger partial charge is 0.244 e. The summed E-state index contributed by atoms with van der Waals surface area (Å²) in [5.74, 6) is 0.223. The van der Waals surface area contributed by atoms with Gasteiger partial charge in [-0.3, -0.25) is 4.79 Å². The quantitative estimate of drug-likeness (QED) is 0.669. The molecule has 152 valence electrons. The Hall–Kier alpha value is -2.49. The summed E-state index contributed by atoms with van der Waals surface area (Å²) in [4.78, 5) is 17.5. The minimum absolute atomic E-state index is 0.147. The molecule has 0 aliphatic carbocycles. The fourth-order valence-electron chi connectivity index (χ4n) is 3.45. The van der Waals surface area contributed by atoms with Gasteiger partial charge in [0, 0.05) is 6.54 Å². The van der Waals surface area contributed by atoms with Gasteiger partial charge in [-0.05, 0) is 61.7 Å². The van der Waals surface area contributed by atoms with Gasteiger partial charge in [-0.1, -0.05) is 17.4 Å². The van der Waals surface area contributed by atoms with Crippen LogP contribution < -0.4 is 10.1 Å². The van der Waals surface area contributed by atoms with Crippen LogP contribution in [0.15, 0.2) is 47.4 Å². The SMILES string of the molecule is COc1ccc(S(=O)(=O)N2CCCC2C(=O)Nc2nc3ccc(C)cc3s2)cc1. The Morgan fingerprint density at radius 2 is 2.00 bits per heavy atom. The van der Waals surface area contributed by atoms with Crippen molar-refractivity contribution in [1.29, 1.82) is 0 Å². The molecule has 1 atom stereocenters. The number of aryl methyl sites for hydroxylation is 1. The Kier molecular flexibility index (Phi) is 5.28. The van der Waals surface area contributed by atoms with E-state index in [-0.39, 0.29) is 10.8 Å². The van der Waals surface area contributed by atoms with Crippen LogP contribution in [0.5, 0.6) is 5.75 Å². The molecule has 29 heavy (non-hydrogen) atoms. The highest BCUT2D eigenvalue weighted by Crippen LogP contribution is 2.30. The van der Waals surface area contributed by atoms with Crippen LogP contribution in [0.3, 0.4) is 0 Å². The Morgan fingerprint density at radius 3 is 2.72 bits per heavy atom. The lowest BCUT2D eigenvalue weighted by Gasteiger charge is -2.23. The molecule has 1 N–H and O–H groups in total. The zero-order valence-electron chi connectivity index (χ0n) is 16.1. The third-order valence-corrected chi connectivity index (χ3v) is 7.80. The zero-order chi connectivity index (χ0) is 20.6. The Labute approximate surface area is 173 Å². The molecule has 2 aromatic carbocycles. The summed E-state index contributed by atoms with van der Waals surface area (Å²) in [7, 11) is -2.26. The molecule has 0 bridgehead atoms. The number of amides is 1. The van der Waals surface area contributed by atoms with E-state index in [1.807, 2.05) is 25.1 Å². The minimum Gasteiger partial charge on any atom is -0.497 e. The standard InChI is InChI=1S/C20H21N3O4S2/c1-13-5-10-16-18(12-13)28-20(21-16)22-19(24)17-4-3-11-23(17)29(25,26)15-8-6-14(27-2)7-9-15/h5-10,12,17H,3-4,11H2,1-2H3,(H,21,22,24). The summed E-state index contributed by atoms with van der Waals surface area (Å²) in [5, 5.41) is 3.28. The first-order chi connectivity index (χ1) is 13.9. The van der Waals surface area contributed by atoms with E-state index in [9.17, 15) is 13.2 Å². The number of ether oxygens (including phenoxy) is 1. The van der Waals surface area contributed by atoms with Crippen molar-refractivity contribution in [3.05, 3.63) is 48.0 Å². The molecule has 1 saturated heterocycles. The van der Waals surface area contributed by atoms with Gasteiger partial charge in [0.15, 0.2) is 5.13 Å². The predicted octanol–water partition coefficient (Wildman–Crippen LogP) is 3.41. The molecule has 0 radical (unpaired) electrons. The average molecular weight is 432 g/mol. The summed E-state index contributed by atoms with van der Waals surface area (Å²) in [6.07, 6.45) is 1.11. The van der Waals surface area contributed by atoms with Gasteiger partial charge in [0.25, 0.3) is 0 Å². The summed E-state index contributed by atoms with van der Waals surface area (Å²) in [5.41, 5.74) is 1.93. The average Bonchev–Trinajstić information content (AvgIpc) is 3.34. The van der Waals surface area contributed by atoms with E-state index in [0.29, 0.717) is 30.3 Å². The first-order valence-electron chi connectivity index (χ1n) is 9.22. The molecule has 0 saturated carbocycles. The topological polar surface area (TPSA) is 88.6 Å². The number of sulfonamides is 1. The number of carbonyl (C=O) groups is 1. The Morgan fingerprint density at radius 1 is 1.24 bits per heavy atom. The number of methoxy groups -OCH3 is 1. The number of hydrogen-bond donors (Lipinski definition) is 1. The highest BCUT2D eigenvalue weighted by atomic mass is 32.2. The van der Waals surface area contributed by atoms with Crippen molar-refractivity contribution >= 4 is 42.6 Å². The summed E-state index contributed by atoms with van der Waals surface area (Å²) >= 11 is 1.38. The number of rotatable bonds is 5. The predicted molar refractivity (Wildman–Crippen MR) is 113 cm³/mol. The van der Waals surface area contributed by atoms with Crippen LogP contribution in [-0.4, -0.2) is 43.3 Å². The number of nitrogens with zero attached hydrogens (tertiary/aromatic N) is 2. The maximum absolute atomic E-state index is 13.1. The van der Waals surface area contributed by atoms with E-state index in [4.69, 9.17) is 4.74 Å². The molecule has 4 rings (SSSR count). The number of benzene rings is 2. The second kappa shape index (κ2) is 7.74. The summed E-state index contributed by atoms with van der Waals surface area (Å²) in [6, 6.07) is 11.3. The fraction of sp³-hybridized carbons (Fsp3) is 0.300. The summed E-state index contributed by atoms with van der Waals surface area (Å²) in [6.45, 7) is 2.31. The maximum atomic E-state index is 13.1. The molecular weight excluding hydrogens is 410 g/mol. The maximum Gasteiger partial charge on any atom is 0.244 e. The third kappa shape index (κ3) is 3.85. The van der Waals surface area contributed by atoms with E-state index in [0.717, 1.165) is 15.8 Å². The van der Waals surface area contributed by atoms with Gasteiger partial charge in [-0.25, -0.2) is 13.4 Å². The van der Waals surface area contributed by atoms with E-state index in [1.165, 1.54) is 34.9 Å². The van der Waals surface area contributed by atoms with Crippen molar-refractivity contribution in [1.82, 2.24) is 9.29 Å². The molecule has 7 nitrogen and oxygen atoms in total. The van der Waals surface area contributed by atoms with Crippen molar-refractivity contribution in [3.8, 4) is 5.75 Å². The molecule has 1 fully saturated rings. The highest BCUT2D eigenvalue weighted by Gasteiger charge is 2.39.